The van der Waals surface area contributed by atoms with Crippen molar-refractivity contribution < 1.29 is 19.3 Å². The number of aliphatic hydroxyl groups excluding tert-OH is 1. The van der Waals surface area contributed by atoms with Gasteiger partial charge in [-0.2, -0.15) is 0 Å². The zero-order valence-corrected chi connectivity index (χ0v) is 12.9. The number of benzene rings is 1. The van der Waals surface area contributed by atoms with Gasteiger partial charge in [0.05, 0.1) is 19.8 Å². The largest absolute Gasteiger partial charge is 0.395 e. The highest BCUT2D eigenvalue weighted by molar-refractivity contribution is 9.10. The second kappa shape index (κ2) is 6.12. The van der Waals surface area contributed by atoms with Crippen molar-refractivity contribution in [1.29, 1.82) is 0 Å². The van der Waals surface area contributed by atoms with Gasteiger partial charge < -0.3 is 19.3 Å². The number of halogens is 1. The smallest absolute Gasteiger partial charge is 0.184 e. The van der Waals surface area contributed by atoms with Crippen molar-refractivity contribution >= 4 is 15.9 Å². The van der Waals surface area contributed by atoms with Crippen molar-refractivity contribution in [2.45, 2.75) is 24.5 Å². The summed E-state index contributed by atoms with van der Waals surface area (Å²) in [5.74, 6) is 0. The SMILES string of the molecule is OCC1(c2cc(Br)cc(C3OCCO3)c2)CCOCC1. The molecule has 2 fully saturated rings. The molecule has 2 aliphatic rings. The molecule has 110 valence electrons. The van der Waals surface area contributed by atoms with Crippen LogP contribution < -0.4 is 0 Å². The van der Waals surface area contributed by atoms with Gasteiger partial charge >= 0.3 is 0 Å². The summed E-state index contributed by atoms with van der Waals surface area (Å²) in [6.45, 7) is 2.79. The second-order valence-electron chi connectivity index (χ2n) is 5.40. The summed E-state index contributed by atoms with van der Waals surface area (Å²) in [4.78, 5) is 0. The van der Waals surface area contributed by atoms with Gasteiger partial charge in [0, 0.05) is 28.7 Å². The summed E-state index contributed by atoms with van der Waals surface area (Å²) in [6.07, 6.45) is 1.39. The molecule has 1 aromatic carbocycles. The fraction of sp³-hybridized carbons (Fsp3) is 0.600. The summed E-state index contributed by atoms with van der Waals surface area (Å²) in [6, 6.07) is 6.20. The molecule has 2 heterocycles. The van der Waals surface area contributed by atoms with Gasteiger partial charge in [0.15, 0.2) is 6.29 Å². The maximum absolute atomic E-state index is 9.91. The van der Waals surface area contributed by atoms with Crippen LogP contribution in [0.2, 0.25) is 0 Å². The third-order valence-corrected chi connectivity index (χ3v) is 4.64. The van der Waals surface area contributed by atoms with Crippen molar-refractivity contribution in [2.24, 2.45) is 0 Å². The molecule has 0 spiro atoms. The van der Waals surface area contributed by atoms with Crippen LogP contribution in [0, 0.1) is 0 Å². The monoisotopic (exact) mass is 342 g/mol. The van der Waals surface area contributed by atoms with Crippen molar-refractivity contribution in [1.82, 2.24) is 0 Å². The Morgan fingerprint density at radius 3 is 2.45 bits per heavy atom. The molecule has 20 heavy (non-hydrogen) atoms. The van der Waals surface area contributed by atoms with Gasteiger partial charge in [0.2, 0.25) is 0 Å². The van der Waals surface area contributed by atoms with Crippen molar-refractivity contribution in [3.63, 3.8) is 0 Å². The maximum atomic E-state index is 9.91. The fourth-order valence-corrected chi connectivity index (χ4v) is 3.42. The Balaban J connectivity index is 1.95. The number of ether oxygens (including phenoxy) is 3. The minimum atomic E-state index is -0.290. The predicted molar refractivity (Wildman–Crippen MR) is 77.6 cm³/mol. The van der Waals surface area contributed by atoms with Crippen LogP contribution >= 0.6 is 15.9 Å². The first-order chi connectivity index (χ1) is 9.73. The van der Waals surface area contributed by atoms with Crippen LogP contribution in [0.4, 0.5) is 0 Å². The van der Waals surface area contributed by atoms with Crippen molar-refractivity contribution in [2.75, 3.05) is 33.0 Å². The lowest BCUT2D eigenvalue weighted by molar-refractivity contribution is -0.0443. The van der Waals surface area contributed by atoms with Gasteiger partial charge in [-0.25, -0.2) is 0 Å². The Hall–Kier alpha value is -0.460. The van der Waals surface area contributed by atoms with Gasteiger partial charge in [-0.15, -0.1) is 0 Å². The van der Waals surface area contributed by atoms with Crippen LogP contribution in [0.15, 0.2) is 22.7 Å². The van der Waals surface area contributed by atoms with Gasteiger partial charge in [-0.3, -0.25) is 0 Å². The summed E-state index contributed by atoms with van der Waals surface area (Å²) < 4.78 is 17.6. The summed E-state index contributed by atoms with van der Waals surface area (Å²) in [5.41, 5.74) is 1.92. The molecule has 2 saturated heterocycles. The van der Waals surface area contributed by atoms with Crippen LogP contribution in [0.5, 0.6) is 0 Å². The minimum absolute atomic E-state index is 0.138. The summed E-state index contributed by atoms with van der Waals surface area (Å²) >= 11 is 3.56. The zero-order valence-electron chi connectivity index (χ0n) is 11.3. The molecule has 5 heteroatoms. The Morgan fingerprint density at radius 1 is 1.10 bits per heavy atom. The Morgan fingerprint density at radius 2 is 1.80 bits per heavy atom. The highest BCUT2D eigenvalue weighted by Gasteiger charge is 2.35. The second-order valence-corrected chi connectivity index (χ2v) is 6.31. The molecule has 2 aliphatic heterocycles. The lowest BCUT2D eigenvalue weighted by Crippen LogP contribution is -2.37. The maximum Gasteiger partial charge on any atom is 0.184 e. The van der Waals surface area contributed by atoms with E-state index in [1.807, 2.05) is 6.07 Å². The molecule has 3 rings (SSSR count). The van der Waals surface area contributed by atoms with Crippen LogP contribution in [0.1, 0.15) is 30.3 Å². The number of hydrogen-bond acceptors (Lipinski definition) is 4. The third-order valence-electron chi connectivity index (χ3n) is 4.18. The van der Waals surface area contributed by atoms with Gasteiger partial charge in [-0.05, 0) is 30.5 Å². The van der Waals surface area contributed by atoms with E-state index in [9.17, 15) is 5.11 Å². The first kappa shape index (κ1) is 14.5. The molecule has 0 aromatic heterocycles. The van der Waals surface area contributed by atoms with Crippen molar-refractivity contribution in [3.8, 4) is 0 Å². The highest BCUT2D eigenvalue weighted by Crippen LogP contribution is 2.38. The first-order valence-corrected chi connectivity index (χ1v) is 7.76. The average molecular weight is 343 g/mol. The molecule has 0 bridgehead atoms. The van der Waals surface area contributed by atoms with E-state index in [4.69, 9.17) is 14.2 Å². The molecular weight excluding hydrogens is 324 g/mol. The van der Waals surface area contributed by atoms with E-state index in [2.05, 4.69) is 28.1 Å². The Kier molecular flexibility index (Phi) is 4.43. The predicted octanol–water partition coefficient (Wildman–Crippen LogP) is 2.54. The molecule has 0 unspecified atom stereocenters. The van der Waals surface area contributed by atoms with E-state index < -0.39 is 0 Å². The van der Waals surface area contributed by atoms with Gasteiger partial charge in [-0.1, -0.05) is 22.0 Å². The number of hydrogen-bond donors (Lipinski definition) is 1. The lowest BCUT2D eigenvalue weighted by atomic mass is 9.74. The summed E-state index contributed by atoms with van der Waals surface area (Å²) in [5, 5.41) is 9.91. The molecule has 1 aromatic rings. The van der Waals surface area contributed by atoms with E-state index in [0.29, 0.717) is 26.4 Å². The molecule has 4 nitrogen and oxygen atoms in total. The molecule has 0 radical (unpaired) electrons. The zero-order chi connectivity index (χ0) is 14.0. The number of rotatable bonds is 3. The third kappa shape index (κ3) is 2.78. The normalized spacial score (nSPS) is 23.1. The van der Waals surface area contributed by atoms with Gasteiger partial charge in [0.1, 0.15) is 0 Å². The van der Waals surface area contributed by atoms with Gasteiger partial charge in [0.25, 0.3) is 0 Å². The van der Waals surface area contributed by atoms with Crippen LogP contribution in [0.25, 0.3) is 0 Å². The fourth-order valence-electron chi connectivity index (χ4n) is 2.91. The standard InChI is InChI=1S/C15H19BrO4/c16-13-8-11(14-19-5-6-20-14)7-12(9-13)15(10-17)1-3-18-4-2-15/h7-9,14,17H,1-6,10H2. The molecule has 0 atom stereocenters. The average Bonchev–Trinajstić information content (AvgIpc) is 3.01. The lowest BCUT2D eigenvalue weighted by Gasteiger charge is -2.36. The van der Waals surface area contributed by atoms with E-state index >= 15 is 0 Å². The first-order valence-electron chi connectivity index (χ1n) is 6.96. The topological polar surface area (TPSA) is 47.9 Å². The van der Waals surface area contributed by atoms with E-state index in [0.717, 1.165) is 28.4 Å². The highest BCUT2D eigenvalue weighted by atomic mass is 79.9. The molecule has 1 N–H and O–H groups in total. The van der Waals surface area contributed by atoms with E-state index in [1.54, 1.807) is 0 Å². The summed E-state index contributed by atoms with van der Waals surface area (Å²) in [7, 11) is 0. The van der Waals surface area contributed by atoms with Crippen LogP contribution in [-0.4, -0.2) is 38.1 Å². The van der Waals surface area contributed by atoms with E-state index in [-0.39, 0.29) is 18.3 Å². The quantitative estimate of drug-likeness (QED) is 0.916. The number of aliphatic hydroxyl groups is 1. The molecule has 0 aliphatic carbocycles. The van der Waals surface area contributed by atoms with Crippen LogP contribution in [-0.2, 0) is 19.6 Å². The van der Waals surface area contributed by atoms with Crippen LogP contribution in [0.3, 0.4) is 0 Å². The Bertz CT molecular complexity index is 465. The molecule has 0 saturated carbocycles. The minimum Gasteiger partial charge on any atom is -0.395 e. The van der Waals surface area contributed by atoms with Crippen molar-refractivity contribution in [3.05, 3.63) is 33.8 Å². The van der Waals surface area contributed by atoms with E-state index in [1.165, 1.54) is 0 Å². The molecule has 0 amide bonds. The Labute approximate surface area is 127 Å². The molecular formula is C15H19BrO4.